The first-order valence-corrected chi connectivity index (χ1v) is 17.7. The van der Waals surface area contributed by atoms with Crippen molar-refractivity contribution in [3.8, 4) is 11.1 Å². The number of aromatic amines is 1. The Hall–Kier alpha value is -4.77. The molecule has 3 amide bonds. The van der Waals surface area contributed by atoms with E-state index in [-0.39, 0.29) is 36.0 Å². The zero-order chi connectivity index (χ0) is 37.4. The Bertz CT molecular complexity index is 1920. The second kappa shape index (κ2) is 14.5. The first-order valence-electron chi connectivity index (χ1n) is 17.7. The van der Waals surface area contributed by atoms with Gasteiger partial charge in [0.1, 0.15) is 0 Å². The van der Waals surface area contributed by atoms with Gasteiger partial charge in [0.15, 0.2) is 0 Å². The third-order valence-electron chi connectivity index (χ3n) is 10.4. The number of carbonyl (C=O) groups excluding carboxylic acids is 2. The molecule has 11 heteroatoms. The summed E-state index contributed by atoms with van der Waals surface area (Å²) < 4.78 is 0. The molecule has 2 unspecified atom stereocenters. The summed E-state index contributed by atoms with van der Waals surface area (Å²) in [6.45, 7) is 20.1. The second-order valence-electron chi connectivity index (χ2n) is 15.9. The van der Waals surface area contributed by atoms with Crippen LogP contribution in [0.1, 0.15) is 104 Å². The van der Waals surface area contributed by atoms with Crippen LogP contribution in [-0.4, -0.2) is 67.5 Å². The molecule has 1 aromatic carbocycles. The number of benzene rings is 1. The molecule has 3 heterocycles. The molecule has 51 heavy (non-hydrogen) atoms. The maximum Gasteiger partial charge on any atom is 0.407 e. The van der Waals surface area contributed by atoms with Crippen molar-refractivity contribution >= 4 is 23.6 Å². The minimum atomic E-state index is -1.02. The summed E-state index contributed by atoms with van der Waals surface area (Å²) >= 11 is 0. The Morgan fingerprint density at radius 2 is 1.73 bits per heavy atom. The average molecular weight is 697 g/mol. The van der Waals surface area contributed by atoms with E-state index >= 15 is 0 Å². The maximum absolute atomic E-state index is 14.7. The third kappa shape index (κ3) is 7.63. The largest absolute Gasteiger partial charge is 0.465 e. The highest BCUT2D eigenvalue weighted by Gasteiger charge is 2.40. The molecule has 3 aromatic rings. The van der Waals surface area contributed by atoms with Crippen molar-refractivity contribution in [1.82, 2.24) is 25.1 Å². The number of amides is 3. The van der Waals surface area contributed by atoms with Gasteiger partial charge in [0.2, 0.25) is 5.91 Å². The molecule has 0 saturated carbocycles. The van der Waals surface area contributed by atoms with Crippen LogP contribution in [0, 0.1) is 19.3 Å². The fraction of sp³-hybridized carbons (Fsp3) is 0.475. The minimum absolute atomic E-state index is 0.136. The monoisotopic (exact) mass is 696 g/mol. The van der Waals surface area contributed by atoms with Gasteiger partial charge in [-0.1, -0.05) is 45.5 Å². The number of piperazine rings is 1. The van der Waals surface area contributed by atoms with Crippen LogP contribution in [-0.2, 0) is 24.2 Å². The molecular formula is C40H52N6O5. The fourth-order valence-electron chi connectivity index (χ4n) is 7.51. The molecule has 11 nitrogen and oxygen atoms in total. The average Bonchev–Trinajstić information content (AvgIpc) is 3.07. The summed E-state index contributed by atoms with van der Waals surface area (Å²) in [5.74, 6) is -0.672. The van der Waals surface area contributed by atoms with E-state index in [1.54, 1.807) is 17.2 Å². The molecule has 1 fully saturated rings. The Labute approximate surface area is 300 Å². The number of hydrogen-bond acceptors (Lipinski definition) is 6. The number of nitrogens with one attached hydrogen (secondary N) is 3. The van der Waals surface area contributed by atoms with Crippen LogP contribution in [0.4, 0.5) is 10.5 Å². The molecule has 2 aromatic heterocycles. The normalized spacial score (nSPS) is 17.8. The number of rotatable bonds is 7. The molecule has 5 rings (SSSR count). The first kappa shape index (κ1) is 37.5. The highest BCUT2D eigenvalue weighted by molar-refractivity contribution is 6.03. The number of fused-ring (bicyclic) bond motifs is 1. The molecule has 272 valence electrons. The predicted molar refractivity (Wildman–Crippen MR) is 200 cm³/mol. The lowest BCUT2D eigenvalue weighted by Crippen LogP contribution is -2.59. The van der Waals surface area contributed by atoms with Crippen molar-refractivity contribution in [1.29, 1.82) is 0 Å². The van der Waals surface area contributed by atoms with E-state index in [0.717, 1.165) is 36.9 Å². The molecule has 4 N–H and O–H groups in total. The SMILES string of the molecule is C=CC(=O)Nc1c(C2CN(C(=O)O)C(C(C)(C)C)CN2)ncc(-c2ccccc2C(=O)N(Cc2c3c(c(C)[nH]c2=O)CCCC3)C(C)(C)C)c1C. The summed E-state index contributed by atoms with van der Waals surface area (Å²) in [6, 6.07) is 6.54. The van der Waals surface area contributed by atoms with Crippen molar-refractivity contribution in [2.75, 3.05) is 18.4 Å². The van der Waals surface area contributed by atoms with E-state index in [2.05, 4.69) is 22.2 Å². The van der Waals surface area contributed by atoms with Gasteiger partial charge >= 0.3 is 6.09 Å². The van der Waals surface area contributed by atoms with Crippen molar-refractivity contribution < 1.29 is 19.5 Å². The lowest BCUT2D eigenvalue weighted by atomic mass is 9.83. The smallest absolute Gasteiger partial charge is 0.407 e. The minimum Gasteiger partial charge on any atom is -0.465 e. The topological polar surface area (TPSA) is 148 Å². The van der Waals surface area contributed by atoms with Crippen LogP contribution >= 0.6 is 0 Å². The summed E-state index contributed by atoms with van der Waals surface area (Å²) in [5, 5.41) is 16.5. The molecule has 1 saturated heterocycles. The molecule has 1 aliphatic carbocycles. The number of pyridine rings is 2. The number of nitrogens with zero attached hydrogens (tertiary/aromatic N) is 3. The molecule has 0 spiro atoms. The van der Waals surface area contributed by atoms with Gasteiger partial charge in [0, 0.05) is 47.2 Å². The molecule has 0 radical (unpaired) electrons. The maximum atomic E-state index is 14.7. The molecule has 1 aliphatic heterocycles. The lowest BCUT2D eigenvalue weighted by molar-refractivity contribution is -0.111. The van der Waals surface area contributed by atoms with Crippen LogP contribution in [0.15, 0.2) is 47.9 Å². The van der Waals surface area contributed by atoms with Crippen molar-refractivity contribution in [2.45, 2.75) is 105 Å². The van der Waals surface area contributed by atoms with E-state index in [9.17, 15) is 24.3 Å². The number of hydrogen-bond donors (Lipinski definition) is 4. The summed E-state index contributed by atoms with van der Waals surface area (Å²) in [5.41, 5.74) is 5.98. The van der Waals surface area contributed by atoms with E-state index < -0.39 is 23.6 Å². The number of carbonyl (C=O) groups is 3. The highest BCUT2D eigenvalue weighted by Crippen LogP contribution is 2.38. The molecular weight excluding hydrogens is 644 g/mol. The zero-order valence-corrected chi connectivity index (χ0v) is 31.2. The van der Waals surface area contributed by atoms with Gasteiger partial charge in [-0.25, -0.2) is 4.79 Å². The predicted octanol–water partition coefficient (Wildman–Crippen LogP) is 6.54. The van der Waals surface area contributed by atoms with Gasteiger partial charge in [-0.2, -0.15) is 0 Å². The van der Waals surface area contributed by atoms with Crippen LogP contribution in [0.5, 0.6) is 0 Å². The van der Waals surface area contributed by atoms with Crippen LogP contribution in [0.2, 0.25) is 0 Å². The van der Waals surface area contributed by atoms with Crippen LogP contribution in [0.3, 0.4) is 0 Å². The fourth-order valence-corrected chi connectivity index (χ4v) is 7.51. The summed E-state index contributed by atoms with van der Waals surface area (Å²) in [7, 11) is 0. The third-order valence-corrected chi connectivity index (χ3v) is 10.4. The molecule has 2 aliphatic rings. The van der Waals surface area contributed by atoms with Crippen molar-refractivity contribution in [2.24, 2.45) is 5.41 Å². The number of carboxylic acid groups (broad SMARTS) is 1. The molecule has 2 atom stereocenters. The van der Waals surface area contributed by atoms with Gasteiger partial charge in [-0.05, 0) is 100 Å². The number of anilines is 1. The highest BCUT2D eigenvalue weighted by atomic mass is 16.4. The zero-order valence-electron chi connectivity index (χ0n) is 31.2. The number of aromatic nitrogens is 2. The standard InChI is InChI=1S/C40H52N6O5/c1-10-33(47)44-34-23(2)29(19-42-35(34)31-22-45(38(50)51)32(20-41-31)39(4,5)6)27-17-13-14-18-28(27)37(49)46(40(7,8)9)21-30-26-16-12-11-15-25(26)24(3)43-36(30)48/h10,13-14,17-19,31-32,41H,1,11-12,15-16,20-22H2,2-9H3,(H,43,48)(H,44,47)(H,50,51). The van der Waals surface area contributed by atoms with E-state index in [1.807, 2.05) is 73.6 Å². The van der Waals surface area contributed by atoms with Gasteiger partial charge in [-0.3, -0.25) is 19.4 Å². The Balaban J connectivity index is 1.58. The van der Waals surface area contributed by atoms with Crippen molar-refractivity contribution in [3.05, 3.63) is 92.7 Å². The van der Waals surface area contributed by atoms with Gasteiger partial charge in [0.05, 0.1) is 30.0 Å². The second-order valence-corrected chi connectivity index (χ2v) is 15.9. The van der Waals surface area contributed by atoms with E-state index in [0.29, 0.717) is 45.7 Å². The van der Waals surface area contributed by atoms with Crippen LogP contribution in [0.25, 0.3) is 11.1 Å². The van der Waals surface area contributed by atoms with Gasteiger partial charge in [-0.15, -0.1) is 0 Å². The summed E-state index contributed by atoms with van der Waals surface area (Å²) in [6.07, 6.45) is 5.64. The van der Waals surface area contributed by atoms with Gasteiger partial charge < -0.3 is 30.5 Å². The van der Waals surface area contributed by atoms with Gasteiger partial charge in [0.25, 0.3) is 11.5 Å². The molecule has 0 bridgehead atoms. The summed E-state index contributed by atoms with van der Waals surface area (Å²) in [4.78, 5) is 64.4. The number of H-pyrrole nitrogens is 1. The van der Waals surface area contributed by atoms with E-state index in [1.165, 1.54) is 16.5 Å². The Morgan fingerprint density at radius 3 is 2.35 bits per heavy atom. The first-order chi connectivity index (χ1) is 23.9. The van der Waals surface area contributed by atoms with Crippen LogP contribution < -0.4 is 16.2 Å². The van der Waals surface area contributed by atoms with Crippen molar-refractivity contribution in [3.63, 3.8) is 0 Å². The Kier molecular flexibility index (Phi) is 10.6. The van der Waals surface area contributed by atoms with E-state index in [4.69, 9.17) is 4.98 Å². The number of aryl methyl sites for hydroxylation is 1. The quantitative estimate of drug-likeness (QED) is 0.205. The Morgan fingerprint density at radius 1 is 1.06 bits per heavy atom. The lowest BCUT2D eigenvalue weighted by Gasteiger charge is -2.45.